The second kappa shape index (κ2) is 66.8. The minimum atomic E-state index is -0.843. The van der Waals surface area contributed by atoms with Gasteiger partial charge in [0.2, 0.25) is 5.91 Å². The molecule has 2 atom stereocenters. The third kappa shape index (κ3) is 63.4. The molecule has 0 rings (SSSR count). The summed E-state index contributed by atoms with van der Waals surface area (Å²) in [6, 6.07) is -0.626. The van der Waals surface area contributed by atoms with Crippen LogP contribution >= 0.6 is 0 Å². The van der Waals surface area contributed by atoms with Crippen LogP contribution in [0.5, 0.6) is 0 Å². The zero-order chi connectivity index (χ0) is 55.7. The summed E-state index contributed by atoms with van der Waals surface area (Å²) in [6.07, 6.45) is 84.0. The van der Waals surface area contributed by atoms with Crippen molar-refractivity contribution in [2.45, 2.75) is 405 Å². The Kier molecular flexibility index (Phi) is 65.4. The predicted molar refractivity (Wildman–Crippen MR) is 338 cm³/mol. The molecular weight excluding hydrogens is 947 g/mol. The Bertz CT molecular complexity index is 1200. The Morgan fingerprint density at radius 2 is 0.610 bits per heavy atom. The molecule has 0 aromatic rings. The minimum Gasteiger partial charge on any atom is -0.466 e. The number of aliphatic hydroxyl groups excluding tert-OH is 2. The van der Waals surface area contributed by atoms with Gasteiger partial charge in [0.1, 0.15) is 0 Å². The molecule has 2 unspecified atom stereocenters. The quantitative estimate of drug-likeness (QED) is 0.0320. The highest BCUT2D eigenvalue weighted by Gasteiger charge is 2.18. The molecule has 3 N–H and O–H groups in total. The lowest BCUT2D eigenvalue weighted by molar-refractivity contribution is -0.143. The molecule has 0 spiro atoms. The van der Waals surface area contributed by atoms with Crippen molar-refractivity contribution in [2.75, 3.05) is 13.2 Å². The van der Waals surface area contributed by atoms with Gasteiger partial charge in [0.05, 0.1) is 25.4 Å². The maximum absolute atomic E-state index is 12.5. The van der Waals surface area contributed by atoms with Crippen molar-refractivity contribution in [2.24, 2.45) is 0 Å². The molecule has 0 saturated heterocycles. The lowest BCUT2D eigenvalue weighted by Crippen LogP contribution is -2.45. The molecule has 0 fully saturated rings. The van der Waals surface area contributed by atoms with Gasteiger partial charge in [-0.3, -0.25) is 9.59 Å². The fourth-order valence-electron chi connectivity index (χ4n) is 11.1. The number of carbonyl (C=O) groups excluding carboxylic acids is 2. The van der Waals surface area contributed by atoms with E-state index in [0.29, 0.717) is 19.4 Å². The van der Waals surface area contributed by atoms with E-state index in [1.165, 1.54) is 321 Å². The number of ether oxygens (including phenoxy) is 1. The average Bonchev–Trinajstić information content (AvgIpc) is 3.43. The topological polar surface area (TPSA) is 95.9 Å². The largest absolute Gasteiger partial charge is 0.466 e. The molecule has 456 valence electrons. The van der Waals surface area contributed by atoms with Crippen LogP contribution in [0, 0.1) is 0 Å². The fraction of sp³-hybridized carbons (Fsp3) is 0.915. The molecule has 77 heavy (non-hydrogen) atoms. The van der Waals surface area contributed by atoms with Crippen molar-refractivity contribution in [3.8, 4) is 0 Å². The Morgan fingerprint density at radius 3 is 0.922 bits per heavy atom. The molecule has 0 heterocycles. The number of unbranched alkanes of at least 4 members (excludes halogenated alkanes) is 53. The van der Waals surface area contributed by atoms with Crippen LogP contribution in [0.2, 0.25) is 0 Å². The highest BCUT2D eigenvalue weighted by atomic mass is 16.5. The third-order valence-electron chi connectivity index (χ3n) is 16.5. The number of allylic oxidation sites excluding steroid dienone is 3. The van der Waals surface area contributed by atoms with Crippen LogP contribution in [0.25, 0.3) is 0 Å². The number of aliphatic hydroxyl groups is 2. The van der Waals surface area contributed by atoms with Crippen LogP contribution in [0.15, 0.2) is 24.3 Å². The molecule has 0 aliphatic rings. The van der Waals surface area contributed by atoms with Gasteiger partial charge in [-0.05, 0) is 57.8 Å². The van der Waals surface area contributed by atoms with Crippen molar-refractivity contribution < 1.29 is 24.5 Å². The van der Waals surface area contributed by atoms with E-state index < -0.39 is 12.1 Å². The molecule has 0 aromatic heterocycles. The maximum Gasteiger partial charge on any atom is 0.305 e. The Morgan fingerprint density at radius 1 is 0.351 bits per heavy atom. The fourth-order valence-corrected chi connectivity index (χ4v) is 11.1. The summed E-state index contributed by atoms with van der Waals surface area (Å²) >= 11 is 0. The molecule has 0 radical (unpaired) electrons. The molecule has 0 saturated carbocycles. The van der Waals surface area contributed by atoms with Crippen LogP contribution in [0.3, 0.4) is 0 Å². The van der Waals surface area contributed by atoms with Crippen molar-refractivity contribution in [3.05, 3.63) is 24.3 Å². The van der Waals surface area contributed by atoms with Crippen molar-refractivity contribution in [1.82, 2.24) is 5.32 Å². The molecule has 6 nitrogen and oxygen atoms in total. The summed E-state index contributed by atoms with van der Waals surface area (Å²) in [4.78, 5) is 24.6. The van der Waals surface area contributed by atoms with E-state index in [9.17, 15) is 19.8 Å². The van der Waals surface area contributed by atoms with Crippen LogP contribution < -0.4 is 5.32 Å². The number of nitrogens with one attached hydrogen (secondary N) is 1. The summed E-state index contributed by atoms with van der Waals surface area (Å²) in [7, 11) is 0. The molecule has 1 amide bonds. The highest BCUT2D eigenvalue weighted by molar-refractivity contribution is 5.76. The molecule has 0 bridgehead atoms. The standard InChI is InChI=1S/C71H137NO5/c1-3-5-7-9-11-13-15-17-19-21-33-37-41-45-49-53-57-61-65-71(76)77-66-62-58-54-50-46-42-38-34-31-29-27-25-23-22-24-26-28-30-32-36-40-44-48-52-56-60-64-70(75)72-68(67-73)69(74)63-59-55-51-47-43-39-35-20-18-16-14-12-10-8-6-4-2/h19,21,59,63,68-69,73-74H,3-18,20,22-58,60-62,64-67H2,1-2H3,(H,72,75)/b21-19-,63-59+. The lowest BCUT2D eigenvalue weighted by atomic mass is 10.0. The summed E-state index contributed by atoms with van der Waals surface area (Å²) in [5, 5.41) is 23.2. The molecular formula is C71H137NO5. The van der Waals surface area contributed by atoms with Gasteiger partial charge < -0.3 is 20.3 Å². The van der Waals surface area contributed by atoms with E-state index in [1.54, 1.807) is 6.08 Å². The van der Waals surface area contributed by atoms with Gasteiger partial charge in [-0.15, -0.1) is 0 Å². The summed E-state index contributed by atoms with van der Waals surface area (Å²) in [5.74, 6) is -0.0483. The second-order valence-electron chi connectivity index (χ2n) is 24.2. The number of hydrogen-bond donors (Lipinski definition) is 3. The first kappa shape index (κ1) is 75.3. The SMILES string of the molecule is CCCCCCCCC/C=C\CCCCCCCCCC(=O)OCCCCCCCCCCCCCCCCCCCCCCCCCCCCC(=O)NC(CO)C(O)/C=C/CCCCCCCCCCCCCCCC. The normalized spacial score (nSPS) is 12.6. The van der Waals surface area contributed by atoms with Gasteiger partial charge >= 0.3 is 5.97 Å². The Hall–Kier alpha value is -1.66. The van der Waals surface area contributed by atoms with E-state index in [4.69, 9.17) is 4.74 Å². The second-order valence-corrected chi connectivity index (χ2v) is 24.2. The Balaban J connectivity index is 3.36. The first-order valence-corrected chi connectivity index (χ1v) is 35.1. The van der Waals surface area contributed by atoms with Crippen LogP contribution in [0.4, 0.5) is 0 Å². The highest BCUT2D eigenvalue weighted by Crippen LogP contribution is 2.19. The number of esters is 1. The smallest absolute Gasteiger partial charge is 0.305 e. The van der Waals surface area contributed by atoms with E-state index >= 15 is 0 Å². The van der Waals surface area contributed by atoms with Gasteiger partial charge in [-0.25, -0.2) is 0 Å². The van der Waals surface area contributed by atoms with Crippen molar-refractivity contribution >= 4 is 11.9 Å². The molecule has 0 aliphatic carbocycles. The van der Waals surface area contributed by atoms with Gasteiger partial charge in [0.25, 0.3) is 0 Å². The van der Waals surface area contributed by atoms with Crippen LogP contribution in [0.1, 0.15) is 393 Å². The van der Waals surface area contributed by atoms with Gasteiger partial charge in [-0.2, -0.15) is 0 Å². The summed E-state index contributed by atoms with van der Waals surface area (Å²) < 4.78 is 5.51. The number of hydrogen-bond acceptors (Lipinski definition) is 5. The number of rotatable bonds is 66. The van der Waals surface area contributed by atoms with Gasteiger partial charge in [0.15, 0.2) is 0 Å². The van der Waals surface area contributed by atoms with Gasteiger partial charge in [-0.1, -0.05) is 346 Å². The Labute approximate surface area is 481 Å². The predicted octanol–water partition coefficient (Wildman–Crippen LogP) is 22.5. The molecule has 0 aromatic carbocycles. The first-order chi connectivity index (χ1) is 38.0. The summed E-state index contributed by atoms with van der Waals surface area (Å²) in [5.41, 5.74) is 0. The minimum absolute atomic E-state index is 0.0147. The van der Waals surface area contributed by atoms with Crippen LogP contribution in [-0.2, 0) is 14.3 Å². The van der Waals surface area contributed by atoms with E-state index in [-0.39, 0.29) is 18.5 Å². The zero-order valence-corrected chi connectivity index (χ0v) is 52.2. The molecule has 6 heteroatoms. The lowest BCUT2D eigenvalue weighted by Gasteiger charge is -2.20. The average molecular weight is 1080 g/mol. The van der Waals surface area contributed by atoms with Crippen molar-refractivity contribution in [1.29, 1.82) is 0 Å². The van der Waals surface area contributed by atoms with E-state index in [1.807, 2.05) is 6.08 Å². The van der Waals surface area contributed by atoms with Crippen molar-refractivity contribution in [3.63, 3.8) is 0 Å². The maximum atomic E-state index is 12.5. The monoisotopic (exact) mass is 1080 g/mol. The molecule has 0 aliphatic heterocycles. The number of amides is 1. The van der Waals surface area contributed by atoms with E-state index in [2.05, 4.69) is 31.3 Å². The van der Waals surface area contributed by atoms with Gasteiger partial charge in [0, 0.05) is 12.8 Å². The third-order valence-corrected chi connectivity index (χ3v) is 16.5. The zero-order valence-electron chi connectivity index (χ0n) is 52.2. The van der Waals surface area contributed by atoms with E-state index in [0.717, 1.165) is 44.9 Å². The van der Waals surface area contributed by atoms with Crippen LogP contribution in [-0.4, -0.2) is 47.4 Å². The number of carbonyl (C=O) groups is 2. The first-order valence-electron chi connectivity index (χ1n) is 35.1. The summed E-state index contributed by atoms with van der Waals surface area (Å²) in [6.45, 7) is 4.94.